The molecule has 0 bridgehead atoms. The minimum atomic E-state index is 0.0829. The quantitative estimate of drug-likeness (QED) is 0.887. The van der Waals surface area contributed by atoms with Crippen LogP contribution in [0.25, 0.3) is 5.52 Å². The second kappa shape index (κ2) is 5.21. The summed E-state index contributed by atoms with van der Waals surface area (Å²) in [7, 11) is 1.95. The molecule has 2 heterocycles. The molecule has 0 saturated heterocycles. The molecule has 4 heteroatoms. The van der Waals surface area contributed by atoms with E-state index in [4.69, 9.17) is 5.11 Å². The van der Waals surface area contributed by atoms with Crippen molar-refractivity contribution in [1.82, 2.24) is 9.30 Å². The number of rotatable bonds is 4. The summed E-state index contributed by atoms with van der Waals surface area (Å²) in [4.78, 5) is 2.04. The normalized spacial score (nSPS) is 12.8. The maximum Gasteiger partial charge on any atom is 0.102 e. The van der Waals surface area contributed by atoms with Gasteiger partial charge < -0.3 is 9.51 Å². The molecule has 0 fully saturated rings. The van der Waals surface area contributed by atoms with Crippen LogP contribution < -0.4 is 0 Å². The van der Waals surface area contributed by atoms with E-state index in [2.05, 4.69) is 6.07 Å². The molecule has 1 N–H and O–H groups in total. The number of aliphatic hydroxyl groups is 1. The van der Waals surface area contributed by atoms with Crippen molar-refractivity contribution in [2.24, 2.45) is 0 Å². The highest BCUT2D eigenvalue weighted by Gasteiger charge is 2.14. The molecule has 4 nitrogen and oxygen atoms in total. The number of hydrogen-bond acceptors (Lipinski definition) is 3. The Bertz CT molecular complexity index is 582. The zero-order valence-electron chi connectivity index (χ0n) is 10.7. The lowest BCUT2D eigenvalue weighted by atomic mass is 10.1. The Morgan fingerprint density at radius 3 is 2.94 bits per heavy atom. The lowest BCUT2D eigenvalue weighted by molar-refractivity contribution is 0.154. The molecule has 0 aliphatic carbocycles. The first-order valence-electron chi connectivity index (χ1n) is 5.97. The zero-order valence-corrected chi connectivity index (χ0v) is 10.7. The summed E-state index contributed by atoms with van der Waals surface area (Å²) in [5, 5.41) is 18.4. The van der Waals surface area contributed by atoms with Crippen molar-refractivity contribution in [3.05, 3.63) is 41.7 Å². The van der Waals surface area contributed by atoms with E-state index in [0.717, 1.165) is 11.1 Å². The van der Waals surface area contributed by atoms with Crippen LogP contribution in [0.5, 0.6) is 0 Å². The van der Waals surface area contributed by atoms with E-state index in [1.54, 1.807) is 0 Å². The van der Waals surface area contributed by atoms with Gasteiger partial charge in [0.25, 0.3) is 0 Å². The molecule has 0 spiro atoms. The van der Waals surface area contributed by atoms with Crippen molar-refractivity contribution in [2.45, 2.75) is 19.5 Å². The molecular formula is C14H17N3O. The van der Waals surface area contributed by atoms with Gasteiger partial charge in [-0.2, -0.15) is 5.26 Å². The van der Waals surface area contributed by atoms with Gasteiger partial charge in [0.15, 0.2) is 0 Å². The first-order valence-corrected chi connectivity index (χ1v) is 5.97. The highest BCUT2D eigenvalue weighted by molar-refractivity contribution is 5.65. The molecule has 1 unspecified atom stereocenters. The van der Waals surface area contributed by atoms with Crippen LogP contribution in [0.1, 0.15) is 18.1 Å². The summed E-state index contributed by atoms with van der Waals surface area (Å²) in [6, 6.07) is 8.17. The molecule has 0 aromatic carbocycles. The molecule has 18 heavy (non-hydrogen) atoms. The molecular weight excluding hydrogens is 226 g/mol. The molecule has 0 aliphatic heterocycles. The fourth-order valence-electron chi connectivity index (χ4n) is 1.99. The Labute approximate surface area is 107 Å². The summed E-state index contributed by atoms with van der Waals surface area (Å²) in [5.74, 6) is 0. The maximum atomic E-state index is 9.28. The summed E-state index contributed by atoms with van der Waals surface area (Å²) < 4.78 is 1.96. The Morgan fingerprint density at radius 2 is 2.28 bits per heavy atom. The number of hydrogen-bond donors (Lipinski definition) is 1. The molecule has 2 aromatic rings. The minimum Gasteiger partial charge on any atom is -0.395 e. The molecule has 0 amide bonds. The largest absolute Gasteiger partial charge is 0.395 e. The third-order valence-electron chi connectivity index (χ3n) is 3.31. The van der Waals surface area contributed by atoms with Crippen molar-refractivity contribution < 1.29 is 5.11 Å². The molecule has 0 saturated carbocycles. The van der Waals surface area contributed by atoms with Gasteiger partial charge in [0.2, 0.25) is 0 Å². The van der Waals surface area contributed by atoms with Crippen molar-refractivity contribution in [3.63, 3.8) is 0 Å². The number of nitriles is 1. The molecule has 0 radical (unpaired) electrons. The lowest BCUT2D eigenvalue weighted by Crippen LogP contribution is -2.31. The van der Waals surface area contributed by atoms with Gasteiger partial charge in [0.1, 0.15) is 6.07 Å². The van der Waals surface area contributed by atoms with Crippen molar-refractivity contribution in [1.29, 1.82) is 5.26 Å². The highest BCUT2D eigenvalue weighted by Crippen LogP contribution is 2.19. The van der Waals surface area contributed by atoms with Gasteiger partial charge in [0.05, 0.1) is 17.7 Å². The van der Waals surface area contributed by atoms with Gasteiger partial charge >= 0.3 is 0 Å². The van der Waals surface area contributed by atoms with Gasteiger partial charge in [0, 0.05) is 30.5 Å². The van der Waals surface area contributed by atoms with Crippen LogP contribution in [0.4, 0.5) is 0 Å². The first-order chi connectivity index (χ1) is 8.67. The van der Waals surface area contributed by atoms with Gasteiger partial charge in [-0.15, -0.1) is 0 Å². The monoisotopic (exact) mass is 243 g/mol. The van der Waals surface area contributed by atoms with Gasteiger partial charge in [-0.1, -0.05) is 6.07 Å². The van der Waals surface area contributed by atoms with Gasteiger partial charge in [-0.3, -0.25) is 4.90 Å². The van der Waals surface area contributed by atoms with Crippen molar-refractivity contribution in [2.75, 3.05) is 13.7 Å². The van der Waals surface area contributed by atoms with Crippen LogP contribution in [0, 0.1) is 11.3 Å². The number of nitrogens with zero attached hydrogens (tertiary/aromatic N) is 3. The fraction of sp³-hybridized carbons (Fsp3) is 0.357. The van der Waals surface area contributed by atoms with E-state index in [9.17, 15) is 5.26 Å². The maximum absolute atomic E-state index is 9.28. The average molecular weight is 243 g/mol. The standard InChI is InChI=1S/C14H17N3O/c1-11(10-18)16(2)8-12-9-17-6-4-3-5-14(17)13(12)7-15/h3-6,9,11,18H,8,10H2,1-2H3. The first kappa shape index (κ1) is 12.6. The van der Waals surface area contributed by atoms with Crippen LogP contribution >= 0.6 is 0 Å². The Morgan fingerprint density at radius 1 is 1.50 bits per heavy atom. The van der Waals surface area contributed by atoms with Gasteiger partial charge in [-0.05, 0) is 26.1 Å². The number of likely N-dealkylation sites (N-methyl/N-ethyl adjacent to an activating group) is 1. The molecule has 0 aliphatic rings. The predicted molar refractivity (Wildman–Crippen MR) is 70.1 cm³/mol. The summed E-state index contributed by atoms with van der Waals surface area (Å²) in [6.45, 7) is 2.74. The Hall–Kier alpha value is -1.83. The van der Waals surface area contributed by atoms with Crippen molar-refractivity contribution in [3.8, 4) is 6.07 Å². The molecule has 2 aromatic heterocycles. The van der Waals surface area contributed by atoms with Crippen LogP contribution in [-0.4, -0.2) is 34.1 Å². The Balaban J connectivity index is 2.37. The number of aliphatic hydroxyl groups excluding tert-OH is 1. The van der Waals surface area contributed by atoms with E-state index in [-0.39, 0.29) is 12.6 Å². The van der Waals surface area contributed by atoms with E-state index in [1.807, 2.05) is 53.9 Å². The van der Waals surface area contributed by atoms with Crippen LogP contribution in [0.2, 0.25) is 0 Å². The van der Waals surface area contributed by atoms with Crippen molar-refractivity contribution >= 4 is 5.52 Å². The van der Waals surface area contributed by atoms with Crippen LogP contribution in [-0.2, 0) is 6.54 Å². The van der Waals surface area contributed by atoms with E-state index < -0.39 is 0 Å². The predicted octanol–water partition coefficient (Wildman–Crippen LogP) is 1.62. The van der Waals surface area contributed by atoms with Crippen LogP contribution in [0.15, 0.2) is 30.6 Å². The van der Waals surface area contributed by atoms with Gasteiger partial charge in [-0.25, -0.2) is 0 Å². The third kappa shape index (κ3) is 2.23. The third-order valence-corrected chi connectivity index (χ3v) is 3.31. The second-order valence-electron chi connectivity index (χ2n) is 4.58. The SMILES string of the molecule is CC(CO)N(C)Cc1cn2ccccc2c1C#N. The lowest BCUT2D eigenvalue weighted by Gasteiger charge is -2.22. The smallest absolute Gasteiger partial charge is 0.102 e. The summed E-state index contributed by atoms with van der Waals surface area (Å²) >= 11 is 0. The highest BCUT2D eigenvalue weighted by atomic mass is 16.3. The molecule has 2 rings (SSSR count). The topological polar surface area (TPSA) is 51.7 Å². The number of aromatic nitrogens is 1. The Kier molecular flexibility index (Phi) is 3.66. The fourth-order valence-corrected chi connectivity index (χ4v) is 1.99. The zero-order chi connectivity index (χ0) is 13.1. The molecule has 94 valence electrons. The second-order valence-corrected chi connectivity index (χ2v) is 4.58. The molecule has 1 atom stereocenters. The minimum absolute atomic E-state index is 0.0829. The number of fused-ring (bicyclic) bond motifs is 1. The van der Waals surface area contributed by atoms with E-state index in [1.165, 1.54) is 0 Å². The van der Waals surface area contributed by atoms with E-state index in [0.29, 0.717) is 12.1 Å². The average Bonchev–Trinajstić information content (AvgIpc) is 2.74. The van der Waals surface area contributed by atoms with E-state index >= 15 is 0 Å². The summed E-state index contributed by atoms with van der Waals surface area (Å²) in [6.07, 6.45) is 3.92. The summed E-state index contributed by atoms with van der Waals surface area (Å²) in [5.41, 5.74) is 2.64. The number of pyridine rings is 1. The van der Waals surface area contributed by atoms with Crippen LogP contribution in [0.3, 0.4) is 0 Å².